The minimum absolute atomic E-state index is 0.358. The summed E-state index contributed by atoms with van der Waals surface area (Å²) >= 11 is 0. The number of hydrogen-bond acceptors (Lipinski definition) is 2. The van der Waals surface area contributed by atoms with Crippen molar-refractivity contribution in [3.63, 3.8) is 0 Å². The average Bonchev–Trinajstić information content (AvgIpc) is 2.83. The van der Waals surface area contributed by atoms with Crippen molar-refractivity contribution in [1.82, 2.24) is 0 Å². The molecule has 0 unspecified atom stereocenters. The van der Waals surface area contributed by atoms with Crippen LogP contribution in [0.5, 0.6) is 5.75 Å². The number of benzene rings is 1. The van der Waals surface area contributed by atoms with E-state index < -0.39 is 0 Å². The average molecular weight is 257 g/mol. The molecule has 1 aliphatic carbocycles. The molecule has 102 valence electrons. The zero-order valence-electron chi connectivity index (χ0n) is 12.1. The highest BCUT2D eigenvalue weighted by molar-refractivity contribution is 5.85. The van der Waals surface area contributed by atoms with E-state index in [0.29, 0.717) is 5.75 Å². The zero-order chi connectivity index (χ0) is 13.8. The van der Waals surface area contributed by atoms with Gasteiger partial charge >= 0.3 is 0 Å². The van der Waals surface area contributed by atoms with Crippen molar-refractivity contribution in [1.29, 1.82) is 0 Å². The lowest BCUT2D eigenvalue weighted by molar-refractivity contribution is 0.475. The second-order valence-corrected chi connectivity index (χ2v) is 5.28. The number of nitrogens with zero attached hydrogens (tertiary/aromatic N) is 1. The van der Waals surface area contributed by atoms with Gasteiger partial charge in [0, 0.05) is 19.7 Å². The molecule has 19 heavy (non-hydrogen) atoms. The maximum Gasteiger partial charge on any atom is 0.139 e. The molecule has 1 aromatic carbocycles. The molecule has 0 saturated heterocycles. The molecule has 0 bridgehead atoms. The number of para-hydroxylation sites is 1. The van der Waals surface area contributed by atoms with Crippen molar-refractivity contribution in [3.8, 4) is 5.75 Å². The van der Waals surface area contributed by atoms with Gasteiger partial charge in [0.05, 0.1) is 5.69 Å². The molecule has 0 radical (unpaired) electrons. The summed E-state index contributed by atoms with van der Waals surface area (Å²) in [6.45, 7) is 2.22. The van der Waals surface area contributed by atoms with Gasteiger partial charge < -0.3 is 10.0 Å². The van der Waals surface area contributed by atoms with Gasteiger partial charge in [-0.3, -0.25) is 0 Å². The minimum atomic E-state index is 0.358. The summed E-state index contributed by atoms with van der Waals surface area (Å²) in [5, 5.41) is 10.1. The molecule has 0 aromatic heterocycles. The van der Waals surface area contributed by atoms with Gasteiger partial charge in [-0.05, 0) is 36.5 Å². The van der Waals surface area contributed by atoms with Crippen LogP contribution in [-0.4, -0.2) is 19.2 Å². The molecule has 0 atom stereocenters. The minimum Gasteiger partial charge on any atom is -0.506 e. The molecule has 0 saturated carbocycles. The van der Waals surface area contributed by atoms with E-state index in [0.717, 1.165) is 18.5 Å². The summed E-state index contributed by atoms with van der Waals surface area (Å²) in [4.78, 5) is 1.99. The maximum absolute atomic E-state index is 10.1. The second-order valence-electron chi connectivity index (χ2n) is 5.28. The quantitative estimate of drug-likeness (QED) is 0.847. The SMILES string of the molecule is CCCCC1=C(c2cccc(O)c2N(C)C)CC=C1. The van der Waals surface area contributed by atoms with Crippen LogP contribution in [0.15, 0.2) is 35.9 Å². The van der Waals surface area contributed by atoms with Crippen molar-refractivity contribution in [2.75, 3.05) is 19.0 Å². The highest BCUT2D eigenvalue weighted by Gasteiger charge is 2.17. The number of hydrogen-bond donors (Lipinski definition) is 1. The molecular weight excluding hydrogens is 234 g/mol. The monoisotopic (exact) mass is 257 g/mol. The van der Waals surface area contributed by atoms with Gasteiger partial charge in [-0.2, -0.15) is 0 Å². The van der Waals surface area contributed by atoms with E-state index in [1.165, 1.54) is 29.6 Å². The van der Waals surface area contributed by atoms with Crippen LogP contribution in [0.2, 0.25) is 0 Å². The highest BCUT2D eigenvalue weighted by Crippen LogP contribution is 2.40. The van der Waals surface area contributed by atoms with E-state index in [2.05, 4.69) is 25.1 Å². The highest BCUT2D eigenvalue weighted by atomic mass is 16.3. The van der Waals surface area contributed by atoms with E-state index in [9.17, 15) is 5.11 Å². The summed E-state index contributed by atoms with van der Waals surface area (Å²) in [5.74, 6) is 0.358. The summed E-state index contributed by atoms with van der Waals surface area (Å²) < 4.78 is 0. The first-order valence-electron chi connectivity index (χ1n) is 7.03. The molecule has 2 heteroatoms. The van der Waals surface area contributed by atoms with Crippen molar-refractivity contribution >= 4 is 11.3 Å². The van der Waals surface area contributed by atoms with E-state index in [-0.39, 0.29) is 0 Å². The van der Waals surface area contributed by atoms with Crippen LogP contribution in [0.25, 0.3) is 5.57 Å². The molecule has 1 aromatic rings. The van der Waals surface area contributed by atoms with Gasteiger partial charge in [0.1, 0.15) is 5.75 Å². The van der Waals surface area contributed by atoms with E-state index in [1.54, 1.807) is 6.07 Å². The molecule has 0 spiro atoms. The van der Waals surface area contributed by atoms with Crippen molar-refractivity contribution < 1.29 is 5.11 Å². The van der Waals surface area contributed by atoms with Crippen LogP contribution in [0.1, 0.15) is 38.2 Å². The van der Waals surface area contributed by atoms with E-state index in [1.807, 2.05) is 25.1 Å². The Morgan fingerprint density at radius 2 is 2.05 bits per heavy atom. The summed E-state index contributed by atoms with van der Waals surface area (Å²) in [5.41, 5.74) is 4.89. The van der Waals surface area contributed by atoms with Crippen LogP contribution in [0.3, 0.4) is 0 Å². The normalized spacial score (nSPS) is 14.3. The summed E-state index contributed by atoms with van der Waals surface area (Å²) in [6, 6.07) is 5.80. The van der Waals surface area contributed by atoms with Gasteiger partial charge in [0.25, 0.3) is 0 Å². The molecule has 1 N–H and O–H groups in total. The second kappa shape index (κ2) is 5.96. The topological polar surface area (TPSA) is 23.5 Å². The molecule has 2 nitrogen and oxygen atoms in total. The summed E-state index contributed by atoms with van der Waals surface area (Å²) in [6.07, 6.45) is 9.01. The maximum atomic E-state index is 10.1. The number of allylic oxidation sites excluding steroid dienone is 4. The number of unbranched alkanes of at least 4 members (excludes halogenated alkanes) is 1. The lowest BCUT2D eigenvalue weighted by Crippen LogP contribution is -2.11. The molecule has 0 aliphatic heterocycles. The number of phenolic OH excluding ortho intramolecular Hbond substituents is 1. The fourth-order valence-electron chi connectivity index (χ4n) is 2.68. The Hall–Kier alpha value is -1.70. The van der Waals surface area contributed by atoms with Crippen LogP contribution >= 0.6 is 0 Å². The molecule has 1 aliphatic rings. The van der Waals surface area contributed by atoms with Gasteiger partial charge in [-0.25, -0.2) is 0 Å². The van der Waals surface area contributed by atoms with Crippen molar-refractivity contribution in [2.24, 2.45) is 0 Å². The van der Waals surface area contributed by atoms with Gasteiger partial charge in [0.15, 0.2) is 0 Å². The number of rotatable bonds is 5. The molecular formula is C17H23NO. The van der Waals surface area contributed by atoms with Crippen molar-refractivity contribution in [3.05, 3.63) is 41.5 Å². The van der Waals surface area contributed by atoms with Crippen LogP contribution < -0.4 is 4.90 Å². The van der Waals surface area contributed by atoms with Gasteiger partial charge in [-0.15, -0.1) is 0 Å². The first kappa shape index (κ1) is 13.7. The first-order chi connectivity index (χ1) is 9.15. The Bertz CT molecular complexity index is 512. The Morgan fingerprint density at radius 1 is 1.26 bits per heavy atom. The van der Waals surface area contributed by atoms with Crippen molar-refractivity contribution in [2.45, 2.75) is 32.6 Å². The molecule has 0 fully saturated rings. The van der Waals surface area contributed by atoms with Crippen LogP contribution in [0, 0.1) is 0 Å². The number of aromatic hydroxyl groups is 1. The standard InChI is InChI=1S/C17H23NO/c1-4-5-8-13-9-6-10-14(13)15-11-7-12-16(19)17(15)18(2)3/h6-7,9,11-12,19H,4-5,8,10H2,1-3H3. The third kappa shape index (κ3) is 2.83. The molecule has 0 amide bonds. The predicted molar refractivity (Wildman–Crippen MR) is 82.6 cm³/mol. The van der Waals surface area contributed by atoms with Gasteiger partial charge in [0.2, 0.25) is 0 Å². The van der Waals surface area contributed by atoms with Gasteiger partial charge in [-0.1, -0.05) is 37.6 Å². The Morgan fingerprint density at radius 3 is 2.74 bits per heavy atom. The fraction of sp³-hybridized carbons (Fsp3) is 0.412. The lowest BCUT2D eigenvalue weighted by atomic mass is 9.96. The summed E-state index contributed by atoms with van der Waals surface area (Å²) in [7, 11) is 3.96. The molecule has 2 rings (SSSR count). The Labute approximate surface area is 116 Å². The van der Waals surface area contributed by atoms with E-state index >= 15 is 0 Å². The lowest BCUT2D eigenvalue weighted by Gasteiger charge is -2.20. The smallest absolute Gasteiger partial charge is 0.139 e. The Balaban J connectivity index is 2.44. The predicted octanol–water partition coefficient (Wildman–Crippen LogP) is 4.36. The fourth-order valence-corrected chi connectivity index (χ4v) is 2.68. The third-order valence-corrected chi connectivity index (χ3v) is 3.62. The number of anilines is 1. The third-order valence-electron chi connectivity index (χ3n) is 3.62. The first-order valence-corrected chi connectivity index (χ1v) is 7.03. The largest absolute Gasteiger partial charge is 0.506 e. The Kier molecular flexibility index (Phi) is 4.31. The van der Waals surface area contributed by atoms with E-state index in [4.69, 9.17) is 0 Å². The number of phenols is 1. The zero-order valence-corrected chi connectivity index (χ0v) is 12.1. The molecule has 0 heterocycles. The van der Waals surface area contributed by atoms with Crippen LogP contribution in [0.4, 0.5) is 5.69 Å². The van der Waals surface area contributed by atoms with Crippen LogP contribution in [-0.2, 0) is 0 Å².